The molecule has 1 saturated heterocycles. The van der Waals surface area contributed by atoms with Gasteiger partial charge in [-0.2, -0.15) is 0 Å². The summed E-state index contributed by atoms with van der Waals surface area (Å²) < 4.78 is 5.48. The van der Waals surface area contributed by atoms with Crippen molar-refractivity contribution in [3.8, 4) is 0 Å². The van der Waals surface area contributed by atoms with Crippen LogP contribution in [0.5, 0.6) is 0 Å². The van der Waals surface area contributed by atoms with Crippen molar-refractivity contribution < 1.29 is 9.53 Å². The Balaban J connectivity index is 1.60. The highest BCUT2D eigenvalue weighted by Gasteiger charge is 2.33. The predicted octanol–water partition coefficient (Wildman–Crippen LogP) is 3.67. The normalized spacial score (nSPS) is 26.9. The van der Waals surface area contributed by atoms with Crippen molar-refractivity contribution in [3.63, 3.8) is 0 Å². The van der Waals surface area contributed by atoms with Crippen LogP contribution in [0.3, 0.4) is 0 Å². The molecule has 0 saturated carbocycles. The van der Waals surface area contributed by atoms with Gasteiger partial charge in [-0.25, -0.2) is 4.98 Å². The van der Waals surface area contributed by atoms with Crippen LogP contribution in [-0.4, -0.2) is 48.1 Å². The third kappa shape index (κ3) is 4.36. The number of hydrogen-bond acceptors (Lipinski definition) is 4. The van der Waals surface area contributed by atoms with E-state index in [2.05, 4.69) is 48.1 Å². The van der Waals surface area contributed by atoms with Crippen LogP contribution in [-0.2, 0) is 4.74 Å². The monoisotopic (exact) mass is 389 g/mol. The predicted molar refractivity (Wildman–Crippen MR) is 108 cm³/mol. The molecule has 1 amide bonds. The maximum absolute atomic E-state index is 12.4. The van der Waals surface area contributed by atoms with Gasteiger partial charge in [-0.3, -0.25) is 9.69 Å². The first-order valence-electron chi connectivity index (χ1n) is 9.52. The molecular formula is C21H28ClN3O2. The van der Waals surface area contributed by atoms with Gasteiger partial charge in [-0.15, -0.1) is 0 Å². The molecule has 0 radical (unpaired) electrons. The van der Waals surface area contributed by atoms with Crippen molar-refractivity contribution >= 4 is 17.5 Å². The Kier molecular flexibility index (Phi) is 6.22. The molecule has 146 valence electrons. The smallest absolute Gasteiger partial charge is 0.253 e. The fraction of sp³-hybridized carbons (Fsp3) is 0.524. The number of hydrogen-bond donors (Lipinski definition) is 1. The Bertz CT molecular complexity index is 744. The summed E-state index contributed by atoms with van der Waals surface area (Å²) >= 11 is 5.79. The van der Waals surface area contributed by atoms with Crippen LogP contribution in [0.1, 0.15) is 37.6 Å². The minimum absolute atomic E-state index is 0.0924. The van der Waals surface area contributed by atoms with Gasteiger partial charge in [0.25, 0.3) is 5.91 Å². The lowest BCUT2D eigenvalue weighted by atomic mass is 9.80. The van der Waals surface area contributed by atoms with E-state index in [1.54, 1.807) is 19.2 Å². The third-order valence-corrected chi connectivity index (χ3v) is 6.20. The number of pyridine rings is 1. The van der Waals surface area contributed by atoms with Crippen LogP contribution < -0.4 is 5.32 Å². The van der Waals surface area contributed by atoms with Gasteiger partial charge in [0.05, 0.1) is 18.4 Å². The van der Waals surface area contributed by atoms with Crippen LogP contribution in [0, 0.1) is 11.8 Å². The minimum Gasteiger partial charge on any atom is -0.501 e. The summed E-state index contributed by atoms with van der Waals surface area (Å²) in [6.07, 6.45) is 6.77. The Morgan fingerprint density at radius 1 is 1.33 bits per heavy atom. The fourth-order valence-electron chi connectivity index (χ4n) is 4.04. The number of aromatic nitrogens is 1. The topological polar surface area (TPSA) is 54.5 Å². The van der Waals surface area contributed by atoms with Gasteiger partial charge in [0.15, 0.2) is 0 Å². The molecule has 1 aliphatic heterocycles. The summed E-state index contributed by atoms with van der Waals surface area (Å²) in [5.74, 6) is 1.77. The van der Waals surface area contributed by atoms with E-state index in [0.29, 0.717) is 28.6 Å². The zero-order chi connectivity index (χ0) is 19.6. The number of nitrogens with zero attached hydrogens (tertiary/aromatic N) is 2. The van der Waals surface area contributed by atoms with Crippen LogP contribution in [0.4, 0.5) is 0 Å². The molecule has 0 spiro atoms. The zero-order valence-corrected chi connectivity index (χ0v) is 17.2. The second-order valence-corrected chi connectivity index (χ2v) is 7.90. The molecule has 1 N–H and O–H groups in total. The van der Waals surface area contributed by atoms with E-state index in [0.717, 1.165) is 25.3 Å². The molecule has 2 aliphatic rings. The highest BCUT2D eigenvalue weighted by Crippen LogP contribution is 2.35. The number of allylic oxidation sites excluding steroid dienone is 3. The number of methoxy groups -OCH3 is 1. The van der Waals surface area contributed by atoms with Crippen LogP contribution in [0.2, 0.25) is 5.15 Å². The quantitative estimate of drug-likeness (QED) is 0.780. The standard InChI is InChI=1S/C21H28ClN3O2/c1-13-14(2)19(27-4)7-6-18(13)15(3)25-10-9-17(12-25)24-21(26)16-5-8-20(22)23-11-16/h5-8,11,13-15,17H,9-10,12H2,1-4H3,(H,24,26)/t13?,14?,15?,17-/m1/s1. The molecule has 0 bridgehead atoms. The Morgan fingerprint density at radius 2 is 2.11 bits per heavy atom. The molecule has 5 nitrogen and oxygen atoms in total. The van der Waals surface area contributed by atoms with Gasteiger partial charge in [0.2, 0.25) is 0 Å². The van der Waals surface area contributed by atoms with Gasteiger partial charge < -0.3 is 10.1 Å². The lowest BCUT2D eigenvalue weighted by Gasteiger charge is -2.35. The van der Waals surface area contributed by atoms with Crippen molar-refractivity contribution in [1.29, 1.82) is 0 Å². The first-order chi connectivity index (χ1) is 12.9. The second-order valence-electron chi connectivity index (χ2n) is 7.52. The lowest BCUT2D eigenvalue weighted by Crippen LogP contribution is -2.41. The maximum atomic E-state index is 12.4. The molecule has 27 heavy (non-hydrogen) atoms. The van der Waals surface area contributed by atoms with Crippen molar-refractivity contribution in [2.24, 2.45) is 11.8 Å². The molecule has 1 aliphatic carbocycles. The van der Waals surface area contributed by atoms with E-state index >= 15 is 0 Å². The summed E-state index contributed by atoms with van der Waals surface area (Å²) in [6.45, 7) is 8.57. The van der Waals surface area contributed by atoms with E-state index in [-0.39, 0.29) is 11.9 Å². The van der Waals surface area contributed by atoms with Gasteiger partial charge >= 0.3 is 0 Å². The number of nitrogens with one attached hydrogen (secondary N) is 1. The highest BCUT2D eigenvalue weighted by atomic mass is 35.5. The van der Waals surface area contributed by atoms with E-state index in [1.165, 1.54) is 11.8 Å². The van der Waals surface area contributed by atoms with Gasteiger partial charge in [-0.05, 0) is 43.0 Å². The Morgan fingerprint density at radius 3 is 2.78 bits per heavy atom. The van der Waals surface area contributed by atoms with Crippen molar-refractivity contribution in [1.82, 2.24) is 15.2 Å². The van der Waals surface area contributed by atoms with Gasteiger partial charge in [0.1, 0.15) is 5.15 Å². The largest absolute Gasteiger partial charge is 0.501 e. The maximum Gasteiger partial charge on any atom is 0.253 e. The van der Waals surface area contributed by atoms with E-state index < -0.39 is 0 Å². The summed E-state index contributed by atoms with van der Waals surface area (Å²) in [6, 6.07) is 3.84. The molecule has 3 unspecified atom stereocenters. The lowest BCUT2D eigenvalue weighted by molar-refractivity contribution is 0.0936. The van der Waals surface area contributed by atoms with Crippen LogP contribution in [0.25, 0.3) is 0 Å². The molecule has 3 rings (SSSR count). The number of rotatable bonds is 5. The number of amides is 1. The SMILES string of the molecule is COC1=CC=C(C(C)N2CC[C@@H](NC(=O)c3ccc(Cl)nc3)C2)C(C)C1C. The molecule has 2 heterocycles. The Labute approximate surface area is 166 Å². The van der Waals surface area contributed by atoms with E-state index in [9.17, 15) is 4.79 Å². The zero-order valence-electron chi connectivity index (χ0n) is 16.4. The van der Waals surface area contributed by atoms with Gasteiger partial charge in [-0.1, -0.05) is 31.5 Å². The molecule has 1 aromatic rings. The summed E-state index contributed by atoms with van der Waals surface area (Å²) in [4.78, 5) is 18.8. The summed E-state index contributed by atoms with van der Waals surface area (Å²) in [7, 11) is 1.74. The Hall–Kier alpha value is -1.85. The number of carbonyl (C=O) groups is 1. The van der Waals surface area contributed by atoms with Crippen LogP contribution >= 0.6 is 11.6 Å². The van der Waals surface area contributed by atoms with Crippen molar-refractivity contribution in [3.05, 3.63) is 52.5 Å². The molecular weight excluding hydrogens is 362 g/mol. The van der Waals surface area contributed by atoms with E-state index in [1.807, 2.05) is 0 Å². The molecule has 1 fully saturated rings. The molecule has 4 atom stereocenters. The first-order valence-corrected chi connectivity index (χ1v) is 9.90. The van der Waals surface area contributed by atoms with Crippen molar-refractivity contribution in [2.75, 3.05) is 20.2 Å². The fourth-order valence-corrected chi connectivity index (χ4v) is 4.15. The molecule has 1 aromatic heterocycles. The minimum atomic E-state index is -0.0924. The average molecular weight is 390 g/mol. The number of halogens is 1. The molecule has 0 aromatic carbocycles. The number of ether oxygens (including phenoxy) is 1. The second kappa shape index (κ2) is 8.44. The summed E-state index contributed by atoms with van der Waals surface area (Å²) in [5, 5.41) is 3.51. The molecule has 6 heteroatoms. The average Bonchev–Trinajstić information content (AvgIpc) is 3.12. The first kappa shape index (κ1) is 19.9. The van der Waals surface area contributed by atoms with Crippen molar-refractivity contribution in [2.45, 2.75) is 39.3 Å². The van der Waals surface area contributed by atoms with Gasteiger partial charge in [0, 0.05) is 37.3 Å². The van der Waals surface area contributed by atoms with Crippen LogP contribution in [0.15, 0.2) is 41.8 Å². The number of carbonyl (C=O) groups excluding carboxylic acids is 1. The van der Waals surface area contributed by atoms with E-state index in [4.69, 9.17) is 16.3 Å². The third-order valence-electron chi connectivity index (χ3n) is 5.97. The summed E-state index contributed by atoms with van der Waals surface area (Å²) in [5.41, 5.74) is 1.97. The number of likely N-dealkylation sites (tertiary alicyclic amines) is 1. The highest BCUT2D eigenvalue weighted by molar-refractivity contribution is 6.29.